The van der Waals surface area contributed by atoms with Gasteiger partial charge in [0.05, 0.1) is 0 Å². The van der Waals surface area contributed by atoms with E-state index in [1.54, 1.807) is 22.9 Å². The summed E-state index contributed by atoms with van der Waals surface area (Å²) in [4.78, 5) is 0. The molecule has 0 spiro atoms. The predicted molar refractivity (Wildman–Crippen MR) is 119 cm³/mol. The lowest BCUT2D eigenvalue weighted by Crippen LogP contribution is -2.29. The molecular weight excluding hydrogens is 439 g/mol. The third-order valence-corrected chi connectivity index (χ3v) is 6.00. The molecule has 0 heterocycles. The molecule has 0 saturated carbocycles. The van der Waals surface area contributed by atoms with Gasteiger partial charge in [-0.15, -0.1) is 0 Å². The molecule has 0 unspecified atom stereocenters. The van der Waals surface area contributed by atoms with Crippen molar-refractivity contribution in [2.24, 2.45) is 0 Å². The third-order valence-electron chi connectivity index (χ3n) is 4.88. The molecule has 0 bridgehead atoms. The zero-order valence-electron chi connectivity index (χ0n) is 16.6. The number of fused-ring (bicyclic) bond motifs is 1. The number of ether oxygens (including phenoxy) is 1. The quantitative estimate of drug-likeness (QED) is 0.367. The molecule has 0 aromatic heterocycles. The van der Waals surface area contributed by atoms with E-state index in [1.165, 1.54) is 18.2 Å². The average molecular weight is 457 g/mol. The molecule has 0 atom stereocenters. The van der Waals surface area contributed by atoms with E-state index in [-0.39, 0.29) is 12.3 Å². The minimum absolute atomic E-state index is 0.179. The number of halogens is 3. The van der Waals surface area contributed by atoms with Crippen LogP contribution in [0.25, 0.3) is 21.9 Å². The Morgan fingerprint density at radius 1 is 0.812 bits per heavy atom. The first-order valence-electron chi connectivity index (χ1n) is 9.62. The molecule has 0 aliphatic carbocycles. The van der Waals surface area contributed by atoms with Gasteiger partial charge >= 0.3 is 15.5 Å². The molecule has 0 aliphatic rings. The van der Waals surface area contributed by atoms with Gasteiger partial charge < -0.3 is 4.74 Å². The van der Waals surface area contributed by atoms with Gasteiger partial charge in [-0.1, -0.05) is 66.7 Å². The van der Waals surface area contributed by atoms with Crippen molar-refractivity contribution in [3.63, 3.8) is 0 Å². The summed E-state index contributed by atoms with van der Waals surface area (Å²) in [7, 11) is -5.49. The molecule has 0 aliphatic heterocycles. The van der Waals surface area contributed by atoms with Crippen molar-refractivity contribution in [2.45, 2.75) is 12.1 Å². The molecule has 32 heavy (non-hydrogen) atoms. The number of rotatable bonds is 6. The van der Waals surface area contributed by atoms with E-state index < -0.39 is 15.5 Å². The lowest BCUT2D eigenvalue weighted by Gasteiger charge is -2.14. The fourth-order valence-electron chi connectivity index (χ4n) is 3.36. The van der Waals surface area contributed by atoms with E-state index in [1.807, 2.05) is 54.6 Å². The Balaban J connectivity index is 1.59. The minimum atomic E-state index is -5.49. The molecule has 0 fully saturated rings. The van der Waals surface area contributed by atoms with Crippen molar-refractivity contribution in [3.05, 3.63) is 96.6 Å². The van der Waals surface area contributed by atoms with E-state index in [0.29, 0.717) is 16.5 Å². The van der Waals surface area contributed by atoms with Gasteiger partial charge in [0.25, 0.3) is 0 Å². The summed E-state index contributed by atoms with van der Waals surface area (Å²) in [6, 6.07) is 27.0. The predicted octanol–water partition coefficient (Wildman–Crippen LogP) is 6.35. The molecule has 4 rings (SSSR count). The van der Waals surface area contributed by atoms with Crippen molar-refractivity contribution < 1.29 is 26.3 Å². The molecule has 0 radical (unpaired) electrons. The highest BCUT2D eigenvalue weighted by Crippen LogP contribution is 2.32. The molecule has 4 nitrogen and oxygen atoms in total. The van der Waals surface area contributed by atoms with Gasteiger partial charge in [-0.25, -0.2) is 0 Å². The summed E-state index contributed by atoms with van der Waals surface area (Å²) in [6.07, 6.45) is 0. The van der Waals surface area contributed by atoms with Gasteiger partial charge in [-0.3, -0.25) is 4.72 Å². The van der Waals surface area contributed by atoms with E-state index in [0.717, 1.165) is 16.7 Å². The second-order valence-electron chi connectivity index (χ2n) is 7.06. The number of hydrogen-bond donors (Lipinski definition) is 1. The summed E-state index contributed by atoms with van der Waals surface area (Å²) in [6.45, 7) is 0.284. The lowest BCUT2D eigenvalue weighted by atomic mass is 10.0. The first-order chi connectivity index (χ1) is 15.2. The van der Waals surface area contributed by atoms with Crippen molar-refractivity contribution in [2.75, 3.05) is 4.72 Å². The Hall–Kier alpha value is -3.52. The van der Waals surface area contributed by atoms with Crippen LogP contribution in [0.3, 0.4) is 0 Å². The Morgan fingerprint density at radius 3 is 2.28 bits per heavy atom. The number of alkyl halides is 3. The normalized spacial score (nSPS) is 12.0. The third kappa shape index (κ3) is 4.55. The van der Waals surface area contributed by atoms with Gasteiger partial charge in [-0.2, -0.15) is 21.6 Å². The van der Waals surface area contributed by atoms with Crippen LogP contribution in [0, 0.1) is 0 Å². The Morgan fingerprint density at radius 2 is 1.53 bits per heavy atom. The smallest absolute Gasteiger partial charge is 0.488 e. The summed E-state index contributed by atoms with van der Waals surface area (Å²) in [5, 5.41) is 1.20. The maximum atomic E-state index is 12.6. The van der Waals surface area contributed by atoms with Crippen LogP contribution in [0.1, 0.15) is 5.56 Å². The number of benzene rings is 4. The number of sulfonamides is 1. The number of anilines is 1. The fraction of sp³-hybridized carbons (Fsp3) is 0.0833. The van der Waals surface area contributed by atoms with Crippen LogP contribution in [-0.4, -0.2) is 13.9 Å². The highest BCUT2D eigenvalue weighted by molar-refractivity contribution is 7.93. The highest BCUT2D eigenvalue weighted by atomic mass is 32.2. The van der Waals surface area contributed by atoms with Crippen LogP contribution in [0.4, 0.5) is 18.9 Å². The van der Waals surface area contributed by atoms with Gasteiger partial charge in [0.1, 0.15) is 12.4 Å². The summed E-state index contributed by atoms with van der Waals surface area (Å²) < 4.78 is 68.3. The van der Waals surface area contributed by atoms with Crippen LogP contribution in [0.5, 0.6) is 5.75 Å². The topological polar surface area (TPSA) is 55.4 Å². The van der Waals surface area contributed by atoms with Gasteiger partial charge in [0, 0.05) is 11.1 Å². The monoisotopic (exact) mass is 457 g/mol. The summed E-state index contributed by atoms with van der Waals surface area (Å²) >= 11 is 0. The standard InChI is InChI=1S/C24H18F3NO3S/c25-24(26,27)32(29,30)28-20-13-14-22-18(15-20)10-6-12-23(22)31-16-19-9-4-5-11-21(19)17-7-2-1-3-8-17/h1-15,28H,16H2. The molecule has 0 saturated heterocycles. The Labute approximate surface area is 183 Å². The zero-order valence-corrected chi connectivity index (χ0v) is 17.5. The van der Waals surface area contributed by atoms with E-state index in [4.69, 9.17) is 4.74 Å². The van der Waals surface area contributed by atoms with Crippen molar-refractivity contribution >= 4 is 26.5 Å². The highest BCUT2D eigenvalue weighted by Gasteiger charge is 2.46. The SMILES string of the molecule is O=S(=O)(Nc1ccc2c(OCc3ccccc3-c3ccccc3)cccc2c1)C(F)(F)F. The fourth-order valence-corrected chi connectivity index (χ4v) is 3.91. The molecule has 4 aromatic rings. The first-order valence-corrected chi connectivity index (χ1v) is 11.1. The van der Waals surface area contributed by atoms with Gasteiger partial charge in [0.15, 0.2) is 0 Å². The molecule has 8 heteroatoms. The second kappa shape index (κ2) is 8.55. The second-order valence-corrected chi connectivity index (χ2v) is 8.73. The summed E-state index contributed by atoms with van der Waals surface area (Å²) in [5.41, 5.74) is -2.49. The molecule has 164 valence electrons. The summed E-state index contributed by atoms with van der Waals surface area (Å²) in [5.74, 6) is 0.538. The Kier molecular flexibility index (Phi) is 5.80. The average Bonchev–Trinajstić information content (AvgIpc) is 2.77. The number of hydrogen-bond acceptors (Lipinski definition) is 3. The van der Waals surface area contributed by atoms with E-state index in [9.17, 15) is 21.6 Å². The zero-order chi connectivity index (χ0) is 22.8. The Bertz CT molecular complexity index is 1350. The van der Waals surface area contributed by atoms with Crippen LogP contribution in [0.2, 0.25) is 0 Å². The van der Waals surface area contributed by atoms with Crippen LogP contribution < -0.4 is 9.46 Å². The maximum absolute atomic E-state index is 12.6. The van der Waals surface area contributed by atoms with Gasteiger partial charge in [-0.05, 0) is 46.3 Å². The first kappa shape index (κ1) is 21.7. The van der Waals surface area contributed by atoms with Crippen molar-refractivity contribution in [3.8, 4) is 16.9 Å². The van der Waals surface area contributed by atoms with Crippen molar-refractivity contribution in [1.29, 1.82) is 0 Å². The molecule has 4 aromatic carbocycles. The maximum Gasteiger partial charge on any atom is 0.516 e. The van der Waals surface area contributed by atoms with Crippen LogP contribution in [0.15, 0.2) is 91.0 Å². The van der Waals surface area contributed by atoms with E-state index >= 15 is 0 Å². The molecule has 0 amide bonds. The van der Waals surface area contributed by atoms with Crippen molar-refractivity contribution in [1.82, 2.24) is 0 Å². The lowest BCUT2D eigenvalue weighted by molar-refractivity contribution is -0.0429. The van der Waals surface area contributed by atoms with Gasteiger partial charge in [0.2, 0.25) is 0 Å². The number of nitrogens with one attached hydrogen (secondary N) is 1. The molecule has 1 N–H and O–H groups in total. The van der Waals surface area contributed by atoms with E-state index in [2.05, 4.69) is 0 Å². The van der Waals surface area contributed by atoms with Crippen LogP contribution >= 0.6 is 0 Å². The van der Waals surface area contributed by atoms with Crippen LogP contribution in [-0.2, 0) is 16.6 Å². The largest absolute Gasteiger partial charge is 0.516 e. The minimum Gasteiger partial charge on any atom is -0.488 e. The molecular formula is C24H18F3NO3S.